The Morgan fingerprint density at radius 3 is 2.81 bits per heavy atom. The minimum atomic E-state index is 0.539. The summed E-state index contributed by atoms with van der Waals surface area (Å²) in [5.74, 6) is 0. The van der Waals surface area contributed by atoms with Gasteiger partial charge in [-0.3, -0.25) is 15.3 Å². The van der Waals surface area contributed by atoms with Gasteiger partial charge < -0.3 is 10.1 Å². The molecule has 0 aromatic carbocycles. The highest BCUT2D eigenvalue weighted by atomic mass is 32.1. The fourth-order valence-corrected chi connectivity index (χ4v) is 2.13. The maximum absolute atomic E-state index is 5.31. The molecule has 1 saturated heterocycles. The Hall–Kier alpha value is -1.57. The number of rotatable bonds is 5. The SMILES string of the molecule is C/C(=N\NC(=S)NCCN1CCOCC1)c1ccncc1. The number of thiocarbonyl (C=S) groups is 1. The van der Waals surface area contributed by atoms with E-state index in [-0.39, 0.29) is 0 Å². The number of nitrogens with one attached hydrogen (secondary N) is 2. The molecule has 0 spiro atoms. The molecule has 0 radical (unpaired) electrons. The van der Waals surface area contributed by atoms with Crippen LogP contribution in [0.1, 0.15) is 12.5 Å². The molecule has 0 atom stereocenters. The molecule has 0 saturated carbocycles. The maximum Gasteiger partial charge on any atom is 0.187 e. The Kier molecular flexibility index (Phi) is 6.52. The first kappa shape index (κ1) is 15.8. The van der Waals surface area contributed by atoms with E-state index in [0.29, 0.717) is 5.11 Å². The zero-order valence-electron chi connectivity index (χ0n) is 12.2. The monoisotopic (exact) mass is 307 g/mol. The van der Waals surface area contributed by atoms with Crippen molar-refractivity contribution in [3.8, 4) is 0 Å². The Morgan fingerprint density at radius 1 is 1.38 bits per heavy atom. The molecule has 6 nitrogen and oxygen atoms in total. The van der Waals surface area contributed by atoms with E-state index in [9.17, 15) is 0 Å². The Bertz CT molecular complexity index is 474. The molecule has 114 valence electrons. The van der Waals surface area contributed by atoms with Crippen LogP contribution < -0.4 is 10.7 Å². The highest BCUT2D eigenvalue weighted by Crippen LogP contribution is 1.98. The average Bonchev–Trinajstić information content (AvgIpc) is 2.54. The molecule has 7 heteroatoms. The molecule has 2 N–H and O–H groups in total. The van der Waals surface area contributed by atoms with Crippen molar-refractivity contribution in [2.75, 3.05) is 39.4 Å². The smallest absolute Gasteiger partial charge is 0.187 e. The molecular weight excluding hydrogens is 286 g/mol. The molecule has 1 aromatic rings. The van der Waals surface area contributed by atoms with Crippen molar-refractivity contribution in [2.45, 2.75) is 6.92 Å². The minimum absolute atomic E-state index is 0.539. The first-order valence-corrected chi connectivity index (χ1v) is 7.45. The first-order chi connectivity index (χ1) is 10.3. The molecular formula is C14H21N5OS. The van der Waals surface area contributed by atoms with Gasteiger partial charge in [-0.05, 0) is 31.3 Å². The van der Waals surface area contributed by atoms with Gasteiger partial charge in [0.2, 0.25) is 0 Å². The summed E-state index contributed by atoms with van der Waals surface area (Å²) in [5, 5.41) is 7.96. The van der Waals surface area contributed by atoms with E-state index < -0.39 is 0 Å². The van der Waals surface area contributed by atoms with Crippen molar-refractivity contribution in [2.24, 2.45) is 5.10 Å². The van der Waals surface area contributed by atoms with Crippen LogP contribution in [0.5, 0.6) is 0 Å². The van der Waals surface area contributed by atoms with Crippen LogP contribution in [0, 0.1) is 0 Å². The number of hydrogen-bond donors (Lipinski definition) is 2. The number of hydrazone groups is 1. The zero-order valence-corrected chi connectivity index (χ0v) is 13.0. The van der Waals surface area contributed by atoms with Gasteiger partial charge in [-0.2, -0.15) is 5.10 Å². The fraction of sp³-hybridized carbons (Fsp3) is 0.500. The zero-order chi connectivity index (χ0) is 14.9. The number of aromatic nitrogens is 1. The van der Waals surface area contributed by atoms with Crippen LogP contribution in [-0.2, 0) is 4.74 Å². The van der Waals surface area contributed by atoms with Crippen LogP contribution in [0.2, 0.25) is 0 Å². The van der Waals surface area contributed by atoms with E-state index in [4.69, 9.17) is 17.0 Å². The lowest BCUT2D eigenvalue weighted by atomic mass is 10.2. The van der Waals surface area contributed by atoms with Crippen LogP contribution in [-0.4, -0.2) is 60.1 Å². The summed E-state index contributed by atoms with van der Waals surface area (Å²) < 4.78 is 5.31. The van der Waals surface area contributed by atoms with E-state index in [0.717, 1.165) is 50.7 Å². The Balaban J connectivity index is 1.67. The Morgan fingerprint density at radius 2 is 2.10 bits per heavy atom. The van der Waals surface area contributed by atoms with Crippen molar-refractivity contribution in [1.29, 1.82) is 0 Å². The summed E-state index contributed by atoms with van der Waals surface area (Å²) >= 11 is 5.20. The van der Waals surface area contributed by atoms with E-state index in [1.807, 2.05) is 19.1 Å². The van der Waals surface area contributed by atoms with Crippen molar-refractivity contribution in [3.63, 3.8) is 0 Å². The second-order valence-electron chi connectivity index (χ2n) is 4.75. The lowest BCUT2D eigenvalue weighted by Gasteiger charge is -2.26. The fourth-order valence-electron chi connectivity index (χ4n) is 1.98. The summed E-state index contributed by atoms with van der Waals surface area (Å²) in [6.45, 7) is 7.30. The molecule has 0 aliphatic carbocycles. The van der Waals surface area contributed by atoms with E-state index in [1.165, 1.54) is 0 Å². The summed E-state index contributed by atoms with van der Waals surface area (Å²) in [5.41, 5.74) is 4.76. The third-order valence-corrected chi connectivity index (χ3v) is 3.48. The predicted molar refractivity (Wildman–Crippen MR) is 87.4 cm³/mol. The van der Waals surface area contributed by atoms with Crippen LogP contribution in [0.3, 0.4) is 0 Å². The number of pyridine rings is 1. The molecule has 1 aliphatic rings. The lowest BCUT2D eigenvalue weighted by molar-refractivity contribution is 0.0389. The molecule has 0 bridgehead atoms. The normalized spacial score (nSPS) is 16.5. The molecule has 1 aromatic heterocycles. The van der Waals surface area contributed by atoms with Crippen LogP contribution >= 0.6 is 12.2 Å². The van der Waals surface area contributed by atoms with E-state index in [2.05, 4.69) is 25.7 Å². The topological polar surface area (TPSA) is 61.8 Å². The minimum Gasteiger partial charge on any atom is -0.379 e. The number of hydrogen-bond acceptors (Lipinski definition) is 5. The van der Waals surface area contributed by atoms with Crippen LogP contribution in [0.4, 0.5) is 0 Å². The summed E-state index contributed by atoms with van der Waals surface area (Å²) in [6.07, 6.45) is 3.49. The van der Waals surface area contributed by atoms with Crippen molar-refractivity contribution in [1.82, 2.24) is 20.6 Å². The highest BCUT2D eigenvalue weighted by molar-refractivity contribution is 7.80. The number of ether oxygens (including phenoxy) is 1. The molecule has 1 fully saturated rings. The molecule has 0 amide bonds. The quantitative estimate of drug-likeness (QED) is 0.472. The van der Waals surface area contributed by atoms with Gasteiger partial charge in [0.05, 0.1) is 18.9 Å². The lowest BCUT2D eigenvalue weighted by Crippen LogP contribution is -2.42. The second kappa shape index (κ2) is 8.66. The maximum atomic E-state index is 5.31. The molecule has 2 rings (SSSR count). The van der Waals surface area contributed by atoms with Crippen molar-refractivity contribution < 1.29 is 4.74 Å². The second-order valence-corrected chi connectivity index (χ2v) is 5.16. The number of morpholine rings is 1. The highest BCUT2D eigenvalue weighted by Gasteiger charge is 2.09. The largest absolute Gasteiger partial charge is 0.379 e. The van der Waals surface area contributed by atoms with Gasteiger partial charge in [-0.1, -0.05) is 0 Å². The third-order valence-electron chi connectivity index (χ3n) is 3.24. The third kappa shape index (κ3) is 5.74. The Labute approximate surface area is 130 Å². The summed E-state index contributed by atoms with van der Waals surface area (Å²) in [4.78, 5) is 6.33. The standard InChI is InChI=1S/C14H21N5OS/c1-12(13-2-4-15-5-3-13)17-18-14(21)16-6-7-19-8-10-20-11-9-19/h2-5H,6-11H2,1H3,(H2,16,18,21)/b17-12+. The van der Waals surface area contributed by atoms with Gasteiger partial charge in [0.1, 0.15) is 0 Å². The summed E-state index contributed by atoms with van der Waals surface area (Å²) in [7, 11) is 0. The van der Waals surface area contributed by atoms with Gasteiger partial charge in [0.15, 0.2) is 5.11 Å². The van der Waals surface area contributed by atoms with Gasteiger partial charge in [0, 0.05) is 44.1 Å². The van der Waals surface area contributed by atoms with Crippen molar-refractivity contribution in [3.05, 3.63) is 30.1 Å². The van der Waals surface area contributed by atoms with Crippen LogP contribution in [0.25, 0.3) is 0 Å². The molecule has 2 heterocycles. The number of nitrogens with zero attached hydrogens (tertiary/aromatic N) is 3. The average molecular weight is 307 g/mol. The van der Waals surface area contributed by atoms with Crippen LogP contribution in [0.15, 0.2) is 29.6 Å². The van der Waals surface area contributed by atoms with Gasteiger partial charge in [0.25, 0.3) is 0 Å². The van der Waals surface area contributed by atoms with Crippen molar-refractivity contribution >= 4 is 23.0 Å². The first-order valence-electron chi connectivity index (χ1n) is 7.04. The summed E-state index contributed by atoms with van der Waals surface area (Å²) in [6, 6.07) is 3.82. The van der Waals surface area contributed by atoms with E-state index >= 15 is 0 Å². The molecule has 21 heavy (non-hydrogen) atoms. The van der Waals surface area contributed by atoms with Gasteiger partial charge in [-0.25, -0.2) is 0 Å². The van der Waals surface area contributed by atoms with Gasteiger partial charge in [-0.15, -0.1) is 0 Å². The van der Waals surface area contributed by atoms with Gasteiger partial charge >= 0.3 is 0 Å². The molecule has 0 unspecified atom stereocenters. The van der Waals surface area contributed by atoms with E-state index in [1.54, 1.807) is 12.4 Å². The predicted octanol–water partition coefficient (Wildman–Crippen LogP) is 0.602. The molecule has 1 aliphatic heterocycles.